The Morgan fingerprint density at radius 2 is 2.20 bits per heavy atom. The van der Waals surface area contributed by atoms with E-state index in [1.807, 2.05) is 30.3 Å². The molecule has 0 saturated carbocycles. The van der Waals surface area contributed by atoms with E-state index in [9.17, 15) is 5.11 Å². The number of nitrogens with one attached hydrogen (secondary N) is 1. The van der Waals surface area contributed by atoms with Crippen molar-refractivity contribution >= 4 is 0 Å². The van der Waals surface area contributed by atoms with E-state index in [2.05, 4.69) is 17.3 Å². The molecule has 1 heterocycles. The second kappa shape index (κ2) is 8.25. The zero-order chi connectivity index (χ0) is 14.2. The lowest BCUT2D eigenvalue weighted by Gasteiger charge is -2.30. The van der Waals surface area contributed by atoms with E-state index < -0.39 is 6.10 Å². The topological polar surface area (TPSA) is 44.7 Å². The number of likely N-dealkylation sites (tertiary alicyclic amines) is 1. The van der Waals surface area contributed by atoms with E-state index in [-0.39, 0.29) is 0 Å². The van der Waals surface area contributed by atoms with Crippen LogP contribution in [-0.4, -0.2) is 55.9 Å². The number of ether oxygens (including phenoxy) is 1. The highest BCUT2D eigenvalue weighted by Crippen LogP contribution is 2.13. The van der Waals surface area contributed by atoms with E-state index in [0.717, 1.165) is 18.8 Å². The fourth-order valence-corrected chi connectivity index (χ4v) is 2.66. The molecular formula is C16H26N2O2. The van der Waals surface area contributed by atoms with Crippen LogP contribution in [0.15, 0.2) is 30.3 Å². The van der Waals surface area contributed by atoms with Crippen LogP contribution in [0.1, 0.15) is 12.8 Å². The quantitative estimate of drug-likeness (QED) is 0.790. The molecule has 0 aliphatic carbocycles. The molecule has 4 nitrogen and oxygen atoms in total. The second-order valence-electron chi connectivity index (χ2n) is 5.71. The standard InChI is InChI=1S/C16H26N2O2/c1-18-9-5-6-14(12-18)10-17-11-15(19)13-20-16-7-3-2-4-8-16/h2-4,7-8,14-15,17,19H,5-6,9-13H2,1H3. The molecule has 1 aliphatic heterocycles. The van der Waals surface area contributed by atoms with E-state index in [1.165, 1.54) is 19.4 Å². The number of para-hydroxylation sites is 1. The van der Waals surface area contributed by atoms with Crippen LogP contribution in [0.5, 0.6) is 5.75 Å². The van der Waals surface area contributed by atoms with Gasteiger partial charge in [0.1, 0.15) is 18.5 Å². The van der Waals surface area contributed by atoms with E-state index in [4.69, 9.17) is 4.74 Å². The lowest BCUT2D eigenvalue weighted by atomic mass is 9.98. The number of rotatable bonds is 7. The van der Waals surface area contributed by atoms with Crippen molar-refractivity contribution in [2.45, 2.75) is 18.9 Å². The number of benzene rings is 1. The Labute approximate surface area is 121 Å². The van der Waals surface area contributed by atoms with Crippen LogP contribution >= 0.6 is 0 Å². The Morgan fingerprint density at radius 3 is 2.95 bits per heavy atom. The summed E-state index contributed by atoms with van der Waals surface area (Å²) in [5.74, 6) is 1.51. The molecule has 0 bridgehead atoms. The Kier molecular flexibility index (Phi) is 6.30. The van der Waals surface area contributed by atoms with Crippen molar-refractivity contribution in [2.24, 2.45) is 5.92 Å². The molecule has 112 valence electrons. The Balaban J connectivity index is 1.57. The molecule has 4 heteroatoms. The molecule has 2 unspecified atom stereocenters. The first kappa shape index (κ1) is 15.3. The van der Waals surface area contributed by atoms with Crippen LogP contribution in [0.3, 0.4) is 0 Å². The fraction of sp³-hybridized carbons (Fsp3) is 0.625. The molecule has 0 aromatic heterocycles. The third-order valence-electron chi connectivity index (χ3n) is 3.72. The molecule has 1 saturated heterocycles. The van der Waals surface area contributed by atoms with E-state index in [1.54, 1.807) is 0 Å². The predicted molar refractivity (Wildman–Crippen MR) is 81.0 cm³/mol. The molecule has 2 atom stereocenters. The smallest absolute Gasteiger partial charge is 0.119 e. The van der Waals surface area contributed by atoms with E-state index >= 15 is 0 Å². The van der Waals surface area contributed by atoms with Gasteiger partial charge in [0.05, 0.1) is 0 Å². The summed E-state index contributed by atoms with van der Waals surface area (Å²) in [6, 6.07) is 9.61. The van der Waals surface area contributed by atoms with Gasteiger partial charge in [-0.3, -0.25) is 0 Å². The van der Waals surface area contributed by atoms with Crippen molar-refractivity contribution < 1.29 is 9.84 Å². The van der Waals surface area contributed by atoms with Crippen LogP contribution < -0.4 is 10.1 Å². The minimum Gasteiger partial charge on any atom is -0.491 e. The number of hydrogen-bond donors (Lipinski definition) is 2. The van der Waals surface area contributed by atoms with Gasteiger partial charge < -0.3 is 20.1 Å². The normalized spacial score (nSPS) is 21.6. The van der Waals surface area contributed by atoms with Gasteiger partial charge in [0.15, 0.2) is 0 Å². The van der Waals surface area contributed by atoms with Crippen molar-refractivity contribution in [3.8, 4) is 5.75 Å². The monoisotopic (exact) mass is 278 g/mol. The largest absolute Gasteiger partial charge is 0.491 e. The summed E-state index contributed by atoms with van der Waals surface area (Å²) in [5.41, 5.74) is 0. The minimum atomic E-state index is -0.462. The number of hydrogen-bond acceptors (Lipinski definition) is 4. The van der Waals surface area contributed by atoms with Crippen molar-refractivity contribution in [3.05, 3.63) is 30.3 Å². The summed E-state index contributed by atoms with van der Waals surface area (Å²) in [5, 5.41) is 13.2. The van der Waals surface area contributed by atoms with Gasteiger partial charge in [-0.15, -0.1) is 0 Å². The zero-order valence-electron chi connectivity index (χ0n) is 12.3. The molecule has 1 fully saturated rings. The first-order chi connectivity index (χ1) is 9.74. The third-order valence-corrected chi connectivity index (χ3v) is 3.72. The summed E-state index contributed by atoms with van der Waals surface area (Å²) >= 11 is 0. The van der Waals surface area contributed by atoms with Gasteiger partial charge in [0, 0.05) is 13.1 Å². The van der Waals surface area contributed by atoms with Crippen LogP contribution in [0.25, 0.3) is 0 Å². The average Bonchev–Trinajstić information content (AvgIpc) is 2.46. The van der Waals surface area contributed by atoms with Gasteiger partial charge in [-0.25, -0.2) is 0 Å². The number of nitrogens with zero attached hydrogens (tertiary/aromatic N) is 1. The highest BCUT2D eigenvalue weighted by Gasteiger charge is 2.17. The molecule has 2 N–H and O–H groups in total. The summed E-state index contributed by atoms with van der Waals surface area (Å²) in [6.07, 6.45) is 2.10. The maximum Gasteiger partial charge on any atom is 0.119 e. The maximum atomic E-state index is 9.89. The molecule has 0 radical (unpaired) electrons. The maximum absolute atomic E-state index is 9.89. The van der Waals surface area contributed by atoms with Crippen LogP contribution in [0, 0.1) is 5.92 Å². The Morgan fingerprint density at radius 1 is 1.40 bits per heavy atom. The zero-order valence-corrected chi connectivity index (χ0v) is 12.3. The van der Waals surface area contributed by atoms with Crippen molar-refractivity contribution in [3.63, 3.8) is 0 Å². The predicted octanol–water partition coefficient (Wildman–Crippen LogP) is 1.36. The summed E-state index contributed by atoms with van der Waals surface area (Å²) in [6.45, 7) is 4.27. The first-order valence-electron chi connectivity index (χ1n) is 7.49. The summed E-state index contributed by atoms with van der Waals surface area (Å²) in [4.78, 5) is 2.38. The summed E-state index contributed by atoms with van der Waals surface area (Å²) in [7, 11) is 2.18. The van der Waals surface area contributed by atoms with Crippen LogP contribution in [-0.2, 0) is 0 Å². The van der Waals surface area contributed by atoms with Gasteiger partial charge in [0.2, 0.25) is 0 Å². The number of aliphatic hydroxyl groups excluding tert-OH is 1. The molecule has 1 aliphatic rings. The minimum absolute atomic E-state index is 0.335. The molecule has 0 spiro atoms. The van der Waals surface area contributed by atoms with Gasteiger partial charge in [-0.2, -0.15) is 0 Å². The molecule has 2 rings (SSSR count). The lowest BCUT2D eigenvalue weighted by molar-refractivity contribution is 0.103. The van der Waals surface area contributed by atoms with Gasteiger partial charge in [-0.05, 0) is 51.0 Å². The van der Waals surface area contributed by atoms with Crippen LogP contribution in [0.4, 0.5) is 0 Å². The summed E-state index contributed by atoms with van der Waals surface area (Å²) < 4.78 is 5.53. The third kappa shape index (κ3) is 5.49. The van der Waals surface area contributed by atoms with Gasteiger partial charge in [0.25, 0.3) is 0 Å². The van der Waals surface area contributed by atoms with Crippen molar-refractivity contribution in [1.82, 2.24) is 10.2 Å². The average molecular weight is 278 g/mol. The highest BCUT2D eigenvalue weighted by atomic mass is 16.5. The second-order valence-corrected chi connectivity index (χ2v) is 5.71. The molecule has 1 aromatic carbocycles. The molecular weight excluding hydrogens is 252 g/mol. The van der Waals surface area contributed by atoms with Crippen molar-refractivity contribution in [2.75, 3.05) is 39.8 Å². The SMILES string of the molecule is CN1CCCC(CNCC(O)COc2ccccc2)C1. The highest BCUT2D eigenvalue weighted by molar-refractivity contribution is 5.20. The van der Waals surface area contributed by atoms with Gasteiger partial charge in [-0.1, -0.05) is 18.2 Å². The molecule has 20 heavy (non-hydrogen) atoms. The van der Waals surface area contributed by atoms with Gasteiger partial charge >= 0.3 is 0 Å². The van der Waals surface area contributed by atoms with E-state index in [0.29, 0.717) is 19.1 Å². The van der Waals surface area contributed by atoms with Crippen molar-refractivity contribution in [1.29, 1.82) is 0 Å². The fourth-order valence-electron chi connectivity index (χ4n) is 2.66. The molecule has 1 aromatic rings. The number of aliphatic hydroxyl groups is 1. The molecule has 0 amide bonds. The van der Waals surface area contributed by atoms with Crippen LogP contribution in [0.2, 0.25) is 0 Å². The number of piperidine rings is 1. The lowest BCUT2D eigenvalue weighted by Crippen LogP contribution is -2.40. The Bertz CT molecular complexity index is 372. The first-order valence-corrected chi connectivity index (χ1v) is 7.49. The Hall–Kier alpha value is -1.10.